The molecule has 0 fully saturated rings. The lowest BCUT2D eigenvalue weighted by Crippen LogP contribution is -1.99. The molecule has 6 heterocycles. The molecule has 8 nitrogen and oxygen atoms in total. The number of hydrogen-bond donors (Lipinski definition) is 0. The number of rotatable bonds is 6. The number of benzene rings is 1. The zero-order chi connectivity index (χ0) is 28.1. The molecule has 0 saturated carbocycles. The van der Waals surface area contributed by atoms with Crippen LogP contribution in [-0.2, 0) is 0 Å². The summed E-state index contributed by atoms with van der Waals surface area (Å²) in [7, 11) is 0. The van der Waals surface area contributed by atoms with Gasteiger partial charge in [-0.15, -0.1) is 0 Å². The third kappa shape index (κ3) is 5.24. The standard InChI is InChI=1S/C34H22N8/c1-5-17-35-25(9-1)31-21-29(39-33(41-31)27-11-3-7-19-37-27)23-13-15-24(16-14-23)30-22-32(26-10-2-6-18-36-26)42-34(40-30)28-12-4-8-20-38-28/h1-22H. The number of hydrogen-bond acceptors (Lipinski definition) is 8. The lowest BCUT2D eigenvalue weighted by molar-refractivity contribution is 1.13. The maximum Gasteiger partial charge on any atom is 0.179 e. The van der Waals surface area contributed by atoms with Gasteiger partial charge in [0.2, 0.25) is 0 Å². The van der Waals surface area contributed by atoms with Gasteiger partial charge in [-0.05, 0) is 60.7 Å². The van der Waals surface area contributed by atoms with Crippen LogP contribution >= 0.6 is 0 Å². The predicted octanol–water partition coefficient (Wildman–Crippen LogP) is 6.85. The highest BCUT2D eigenvalue weighted by Crippen LogP contribution is 2.30. The lowest BCUT2D eigenvalue weighted by atomic mass is 10.0. The molecule has 0 N–H and O–H groups in total. The lowest BCUT2D eigenvalue weighted by Gasteiger charge is -2.10. The van der Waals surface area contributed by atoms with Crippen LogP contribution in [0.25, 0.3) is 68.3 Å². The molecule has 0 saturated heterocycles. The minimum Gasteiger partial charge on any atom is -0.255 e. The Bertz CT molecular complexity index is 1690. The van der Waals surface area contributed by atoms with Crippen LogP contribution in [0.15, 0.2) is 134 Å². The van der Waals surface area contributed by atoms with Gasteiger partial charge in [0.25, 0.3) is 0 Å². The minimum atomic E-state index is 0.536. The molecule has 0 aliphatic rings. The normalized spacial score (nSPS) is 10.9. The summed E-state index contributed by atoms with van der Waals surface area (Å²) in [5, 5.41) is 0. The van der Waals surface area contributed by atoms with Gasteiger partial charge in [-0.3, -0.25) is 19.9 Å². The SMILES string of the molecule is c1ccc(-c2cc(-c3ccc(-c4cc(-c5ccccn5)nc(-c5ccccn5)n4)cc3)nc(-c3ccccn3)n2)nc1. The van der Waals surface area contributed by atoms with Crippen molar-refractivity contribution in [2.45, 2.75) is 0 Å². The molecule has 0 amide bonds. The summed E-state index contributed by atoms with van der Waals surface area (Å²) in [6, 6.07) is 35.0. The minimum absolute atomic E-state index is 0.536. The molecule has 0 radical (unpaired) electrons. The Hall–Kier alpha value is -6.02. The van der Waals surface area contributed by atoms with Gasteiger partial charge in [0.05, 0.1) is 34.2 Å². The van der Waals surface area contributed by atoms with Crippen LogP contribution in [0.3, 0.4) is 0 Å². The van der Waals surface area contributed by atoms with Crippen molar-refractivity contribution in [2.24, 2.45) is 0 Å². The first-order valence-electron chi connectivity index (χ1n) is 13.3. The highest BCUT2D eigenvalue weighted by Gasteiger charge is 2.14. The van der Waals surface area contributed by atoms with Crippen molar-refractivity contribution in [1.29, 1.82) is 0 Å². The van der Waals surface area contributed by atoms with E-state index in [-0.39, 0.29) is 0 Å². The Balaban J connectivity index is 1.31. The average molecular weight is 543 g/mol. The van der Waals surface area contributed by atoms with E-state index in [9.17, 15) is 0 Å². The Morgan fingerprint density at radius 2 is 0.619 bits per heavy atom. The van der Waals surface area contributed by atoms with E-state index in [0.717, 1.165) is 45.3 Å². The molecule has 0 unspecified atom stereocenters. The third-order valence-electron chi connectivity index (χ3n) is 6.57. The van der Waals surface area contributed by atoms with Crippen LogP contribution in [0, 0.1) is 0 Å². The molecule has 7 rings (SSSR count). The van der Waals surface area contributed by atoms with Gasteiger partial charge >= 0.3 is 0 Å². The predicted molar refractivity (Wildman–Crippen MR) is 161 cm³/mol. The van der Waals surface area contributed by atoms with Crippen LogP contribution < -0.4 is 0 Å². The number of nitrogens with zero attached hydrogens (tertiary/aromatic N) is 8. The first-order chi connectivity index (χ1) is 20.8. The van der Waals surface area contributed by atoms with E-state index in [1.807, 2.05) is 109 Å². The van der Waals surface area contributed by atoms with E-state index in [1.165, 1.54) is 0 Å². The van der Waals surface area contributed by atoms with Crippen molar-refractivity contribution in [2.75, 3.05) is 0 Å². The van der Waals surface area contributed by atoms with E-state index < -0.39 is 0 Å². The maximum atomic E-state index is 4.87. The summed E-state index contributed by atoms with van der Waals surface area (Å²) < 4.78 is 0. The van der Waals surface area contributed by atoms with E-state index >= 15 is 0 Å². The van der Waals surface area contributed by atoms with Gasteiger partial charge in [-0.25, -0.2) is 19.9 Å². The molecule has 7 aromatic rings. The summed E-state index contributed by atoms with van der Waals surface area (Å²) in [5.41, 5.74) is 7.76. The molecule has 0 aliphatic heterocycles. The Morgan fingerprint density at radius 1 is 0.286 bits per heavy atom. The Labute approximate surface area is 242 Å². The number of aromatic nitrogens is 8. The second kappa shape index (κ2) is 11.2. The van der Waals surface area contributed by atoms with Crippen LogP contribution in [0.1, 0.15) is 0 Å². The van der Waals surface area contributed by atoms with Crippen molar-refractivity contribution in [1.82, 2.24) is 39.9 Å². The molecule has 0 aliphatic carbocycles. The maximum absolute atomic E-state index is 4.87. The molecule has 1 aromatic carbocycles. The van der Waals surface area contributed by atoms with Crippen LogP contribution in [0.2, 0.25) is 0 Å². The van der Waals surface area contributed by atoms with Gasteiger partial charge in [0.15, 0.2) is 11.6 Å². The Kier molecular flexibility index (Phi) is 6.68. The van der Waals surface area contributed by atoms with Crippen molar-refractivity contribution in [3.63, 3.8) is 0 Å². The fourth-order valence-electron chi connectivity index (χ4n) is 4.51. The third-order valence-corrected chi connectivity index (χ3v) is 6.57. The van der Waals surface area contributed by atoms with Crippen LogP contribution in [0.4, 0.5) is 0 Å². The molecule has 198 valence electrons. The molecule has 6 aromatic heterocycles. The zero-order valence-electron chi connectivity index (χ0n) is 22.3. The summed E-state index contributed by atoms with van der Waals surface area (Å²) in [6.45, 7) is 0. The van der Waals surface area contributed by atoms with Crippen molar-refractivity contribution >= 4 is 0 Å². The molecule has 0 bridgehead atoms. The smallest absolute Gasteiger partial charge is 0.179 e. The zero-order valence-corrected chi connectivity index (χ0v) is 22.3. The van der Waals surface area contributed by atoms with Crippen molar-refractivity contribution < 1.29 is 0 Å². The van der Waals surface area contributed by atoms with E-state index in [4.69, 9.17) is 19.9 Å². The largest absolute Gasteiger partial charge is 0.255 e. The highest BCUT2D eigenvalue weighted by atomic mass is 14.9. The van der Waals surface area contributed by atoms with E-state index in [0.29, 0.717) is 23.0 Å². The molecular weight excluding hydrogens is 520 g/mol. The first kappa shape index (κ1) is 25.0. The fraction of sp³-hybridized carbons (Fsp3) is 0. The molecule has 8 heteroatoms. The highest BCUT2D eigenvalue weighted by molar-refractivity contribution is 5.74. The summed E-state index contributed by atoms with van der Waals surface area (Å²) in [5.74, 6) is 1.07. The van der Waals surface area contributed by atoms with E-state index in [1.54, 1.807) is 24.8 Å². The monoisotopic (exact) mass is 542 g/mol. The quantitative estimate of drug-likeness (QED) is 0.225. The summed E-state index contributed by atoms with van der Waals surface area (Å²) in [6.07, 6.45) is 6.99. The summed E-state index contributed by atoms with van der Waals surface area (Å²) in [4.78, 5) is 37.2. The van der Waals surface area contributed by atoms with Gasteiger partial charge in [-0.2, -0.15) is 0 Å². The number of pyridine rings is 4. The Morgan fingerprint density at radius 3 is 0.952 bits per heavy atom. The molecule has 0 spiro atoms. The molecule has 0 atom stereocenters. The fourth-order valence-corrected chi connectivity index (χ4v) is 4.51. The van der Waals surface area contributed by atoms with Crippen molar-refractivity contribution in [3.05, 3.63) is 134 Å². The van der Waals surface area contributed by atoms with Crippen molar-refractivity contribution in [3.8, 4) is 68.3 Å². The topological polar surface area (TPSA) is 103 Å². The van der Waals surface area contributed by atoms with Gasteiger partial charge in [0.1, 0.15) is 11.4 Å². The summed E-state index contributed by atoms with van der Waals surface area (Å²) >= 11 is 0. The van der Waals surface area contributed by atoms with E-state index in [2.05, 4.69) is 19.9 Å². The molecule has 42 heavy (non-hydrogen) atoms. The second-order valence-corrected chi connectivity index (χ2v) is 9.36. The van der Waals surface area contributed by atoms with Crippen LogP contribution in [-0.4, -0.2) is 39.9 Å². The van der Waals surface area contributed by atoms with Gasteiger partial charge < -0.3 is 0 Å². The first-order valence-corrected chi connectivity index (χ1v) is 13.3. The van der Waals surface area contributed by atoms with Gasteiger partial charge in [-0.1, -0.05) is 48.5 Å². The average Bonchev–Trinajstić information content (AvgIpc) is 3.09. The van der Waals surface area contributed by atoms with Gasteiger partial charge in [0, 0.05) is 35.9 Å². The molecular formula is C34H22N8. The van der Waals surface area contributed by atoms with Crippen LogP contribution in [0.5, 0.6) is 0 Å². The second-order valence-electron chi connectivity index (χ2n) is 9.36.